The van der Waals surface area contributed by atoms with Crippen molar-refractivity contribution in [1.29, 1.82) is 0 Å². The highest BCUT2D eigenvalue weighted by Crippen LogP contribution is 2.32. The van der Waals surface area contributed by atoms with Gasteiger partial charge in [0.15, 0.2) is 0 Å². The number of nitrogens with zero attached hydrogens (tertiary/aromatic N) is 2. The number of ether oxygens (including phenoxy) is 1. The van der Waals surface area contributed by atoms with Crippen molar-refractivity contribution in [2.24, 2.45) is 0 Å². The van der Waals surface area contributed by atoms with Crippen molar-refractivity contribution in [1.82, 2.24) is 15.3 Å². The molecule has 0 aliphatic heterocycles. The molecule has 2 heterocycles. The molecule has 146 valence electrons. The summed E-state index contributed by atoms with van der Waals surface area (Å²) in [6.45, 7) is 0.868. The molecule has 7 heteroatoms. The molecule has 6 nitrogen and oxygen atoms in total. The molecule has 2 N–H and O–H groups in total. The molecule has 29 heavy (non-hydrogen) atoms. The summed E-state index contributed by atoms with van der Waals surface area (Å²) in [5.74, 6) is 0.436. The number of nitrogens with one attached hydrogen (secondary N) is 2. The number of halogens is 1. The van der Waals surface area contributed by atoms with E-state index in [1.165, 1.54) is 0 Å². The Labute approximate surface area is 172 Å². The zero-order valence-corrected chi connectivity index (χ0v) is 16.5. The molecular weight excluding hydrogens is 388 g/mol. The lowest BCUT2D eigenvalue weighted by Gasteiger charge is -2.14. The summed E-state index contributed by atoms with van der Waals surface area (Å²) in [6, 6.07) is 14.9. The summed E-state index contributed by atoms with van der Waals surface area (Å²) in [6.07, 6.45) is 3.51. The highest BCUT2D eigenvalue weighted by Gasteiger charge is 2.15. The summed E-state index contributed by atoms with van der Waals surface area (Å²) in [5, 5.41) is 9.49. The normalized spacial score (nSPS) is 11.0. The Bertz CT molecular complexity index is 1200. The van der Waals surface area contributed by atoms with Crippen LogP contribution in [0.5, 0.6) is 0 Å². The number of rotatable bonds is 6. The number of para-hydroxylation sites is 1. The lowest BCUT2D eigenvalue weighted by molar-refractivity contribution is 0.0938. The van der Waals surface area contributed by atoms with Crippen molar-refractivity contribution in [2.45, 2.75) is 0 Å². The van der Waals surface area contributed by atoms with Crippen LogP contribution >= 0.6 is 11.6 Å². The van der Waals surface area contributed by atoms with E-state index in [0.29, 0.717) is 35.1 Å². The van der Waals surface area contributed by atoms with E-state index in [0.717, 1.165) is 21.8 Å². The first-order valence-corrected chi connectivity index (χ1v) is 9.51. The van der Waals surface area contributed by atoms with Crippen LogP contribution in [-0.4, -0.2) is 36.1 Å². The molecule has 0 aliphatic carbocycles. The van der Waals surface area contributed by atoms with Crippen molar-refractivity contribution >= 4 is 50.7 Å². The van der Waals surface area contributed by atoms with Crippen molar-refractivity contribution < 1.29 is 9.53 Å². The maximum Gasteiger partial charge on any atom is 0.253 e. The van der Waals surface area contributed by atoms with Crippen LogP contribution in [-0.2, 0) is 4.74 Å². The highest BCUT2D eigenvalue weighted by atomic mass is 35.5. The summed E-state index contributed by atoms with van der Waals surface area (Å²) >= 11 is 6.12. The number of amides is 1. The molecule has 0 saturated heterocycles. The Morgan fingerprint density at radius 1 is 1.10 bits per heavy atom. The molecule has 2 aromatic heterocycles. The van der Waals surface area contributed by atoms with Gasteiger partial charge in [0.2, 0.25) is 0 Å². The van der Waals surface area contributed by atoms with E-state index in [1.54, 1.807) is 25.6 Å². The molecule has 0 saturated carbocycles. The number of aromatic nitrogens is 2. The van der Waals surface area contributed by atoms with Crippen molar-refractivity contribution in [3.05, 3.63) is 71.5 Å². The summed E-state index contributed by atoms with van der Waals surface area (Å²) < 4.78 is 5.01. The second-order valence-electron chi connectivity index (χ2n) is 6.47. The van der Waals surface area contributed by atoms with Crippen molar-refractivity contribution in [3.63, 3.8) is 0 Å². The van der Waals surface area contributed by atoms with Gasteiger partial charge in [-0.15, -0.1) is 0 Å². The van der Waals surface area contributed by atoms with Gasteiger partial charge in [-0.05, 0) is 30.3 Å². The van der Waals surface area contributed by atoms with Gasteiger partial charge in [-0.3, -0.25) is 9.78 Å². The fraction of sp³-hybridized carbons (Fsp3) is 0.136. The van der Waals surface area contributed by atoms with Crippen molar-refractivity contribution in [2.75, 3.05) is 25.6 Å². The molecule has 0 spiro atoms. The molecule has 0 aliphatic rings. The van der Waals surface area contributed by atoms with E-state index < -0.39 is 0 Å². The van der Waals surface area contributed by atoms with Crippen LogP contribution in [0.15, 0.2) is 60.9 Å². The SMILES string of the molecule is COCCNC(=O)c1cccc2c1nc(Nc1cccc(Cl)c1)c1ccncc12. The largest absolute Gasteiger partial charge is 0.383 e. The molecule has 0 unspecified atom stereocenters. The van der Waals surface area contributed by atoms with E-state index in [4.69, 9.17) is 21.3 Å². The molecule has 2 aromatic carbocycles. The average molecular weight is 407 g/mol. The lowest BCUT2D eigenvalue weighted by Crippen LogP contribution is -2.27. The van der Waals surface area contributed by atoms with Crippen LogP contribution < -0.4 is 10.6 Å². The third-order valence-electron chi connectivity index (χ3n) is 4.55. The van der Waals surface area contributed by atoms with E-state index >= 15 is 0 Å². The van der Waals surface area contributed by atoms with Gasteiger partial charge in [0.1, 0.15) is 5.82 Å². The topological polar surface area (TPSA) is 76.1 Å². The van der Waals surface area contributed by atoms with Gasteiger partial charge in [-0.25, -0.2) is 4.98 Å². The number of carbonyl (C=O) groups is 1. The number of anilines is 2. The van der Waals surface area contributed by atoms with Gasteiger partial charge in [-0.1, -0.05) is 29.8 Å². The van der Waals surface area contributed by atoms with E-state index in [-0.39, 0.29) is 5.91 Å². The molecule has 4 aromatic rings. The molecule has 0 atom stereocenters. The fourth-order valence-corrected chi connectivity index (χ4v) is 3.40. The average Bonchev–Trinajstić information content (AvgIpc) is 2.74. The second kappa shape index (κ2) is 8.43. The number of carbonyl (C=O) groups excluding carboxylic acids is 1. The second-order valence-corrected chi connectivity index (χ2v) is 6.90. The molecule has 1 amide bonds. The first-order valence-electron chi connectivity index (χ1n) is 9.13. The summed E-state index contributed by atoms with van der Waals surface area (Å²) in [7, 11) is 1.60. The smallest absolute Gasteiger partial charge is 0.253 e. The standard InChI is InChI=1S/C22H19ClN4O2/c1-29-11-10-25-22(28)18-7-3-6-16-19-13-24-9-8-17(19)21(27-20(16)18)26-15-5-2-4-14(23)12-15/h2-9,12-13H,10-11H2,1H3,(H,25,28)(H,26,27). The number of pyridine rings is 2. The first kappa shape index (κ1) is 19.1. The summed E-state index contributed by atoms with van der Waals surface area (Å²) in [4.78, 5) is 21.8. The van der Waals surface area contributed by atoms with Crippen LogP contribution in [0.1, 0.15) is 10.4 Å². The van der Waals surface area contributed by atoms with Crippen LogP contribution in [0, 0.1) is 0 Å². The van der Waals surface area contributed by atoms with Gasteiger partial charge < -0.3 is 15.4 Å². The minimum Gasteiger partial charge on any atom is -0.383 e. The Morgan fingerprint density at radius 2 is 1.97 bits per heavy atom. The number of fused-ring (bicyclic) bond motifs is 3. The van der Waals surface area contributed by atoms with Crippen molar-refractivity contribution in [3.8, 4) is 0 Å². The van der Waals surface area contributed by atoms with Gasteiger partial charge in [-0.2, -0.15) is 0 Å². The van der Waals surface area contributed by atoms with Gasteiger partial charge >= 0.3 is 0 Å². The first-order chi connectivity index (χ1) is 14.2. The minimum atomic E-state index is -0.197. The third-order valence-corrected chi connectivity index (χ3v) is 4.78. The Hall–Kier alpha value is -3.22. The molecular formula is C22H19ClN4O2. The van der Waals surface area contributed by atoms with E-state index in [2.05, 4.69) is 15.6 Å². The Balaban J connectivity index is 1.86. The number of hydrogen-bond donors (Lipinski definition) is 2. The molecule has 0 fully saturated rings. The zero-order chi connectivity index (χ0) is 20.2. The fourth-order valence-electron chi connectivity index (χ4n) is 3.21. The predicted octanol–water partition coefficient (Wildman–Crippen LogP) is 4.56. The monoisotopic (exact) mass is 406 g/mol. The summed E-state index contributed by atoms with van der Waals surface area (Å²) in [5.41, 5.74) is 1.91. The Kier molecular flexibility index (Phi) is 5.55. The lowest BCUT2D eigenvalue weighted by atomic mass is 10.0. The van der Waals surface area contributed by atoms with Gasteiger partial charge in [0, 0.05) is 52.9 Å². The number of hydrogen-bond acceptors (Lipinski definition) is 5. The van der Waals surface area contributed by atoms with E-state index in [1.807, 2.05) is 42.5 Å². The van der Waals surface area contributed by atoms with Gasteiger partial charge in [0.25, 0.3) is 5.91 Å². The van der Waals surface area contributed by atoms with Crippen LogP contribution in [0.4, 0.5) is 11.5 Å². The molecule has 4 rings (SSSR count). The van der Waals surface area contributed by atoms with Crippen LogP contribution in [0.3, 0.4) is 0 Å². The number of benzene rings is 2. The van der Waals surface area contributed by atoms with Crippen LogP contribution in [0.2, 0.25) is 5.02 Å². The quantitative estimate of drug-likeness (QED) is 0.362. The maximum absolute atomic E-state index is 12.7. The third kappa shape index (κ3) is 3.99. The zero-order valence-electron chi connectivity index (χ0n) is 15.8. The number of methoxy groups -OCH3 is 1. The molecule has 0 radical (unpaired) electrons. The van der Waals surface area contributed by atoms with E-state index in [9.17, 15) is 4.79 Å². The predicted molar refractivity (Wildman–Crippen MR) is 116 cm³/mol. The maximum atomic E-state index is 12.7. The molecule has 0 bridgehead atoms. The van der Waals surface area contributed by atoms with Crippen LogP contribution in [0.25, 0.3) is 21.7 Å². The highest BCUT2D eigenvalue weighted by molar-refractivity contribution is 6.30. The van der Waals surface area contributed by atoms with Gasteiger partial charge in [0.05, 0.1) is 17.7 Å². The Morgan fingerprint density at radius 3 is 2.79 bits per heavy atom. The minimum absolute atomic E-state index is 0.197.